The average Bonchev–Trinajstić information content (AvgIpc) is 2.44. The number of carbonyl (C=O) groups is 1. The molecule has 1 atom stereocenters. The van der Waals surface area contributed by atoms with Crippen LogP contribution in [0.2, 0.25) is 0 Å². The minimum atomic E-state index is -0.993. The van der Waals surface area contributed by atoms with Crippen molar-refractivity contribution in [3.63, 3.8) is 0 Å². The zero-order chi connectivity index (χ0) is 16.3. The maximum Gasteiger partial charge on any atom is 0.320 e. The van der Waals surface area contributed by atoms with E-state index in [0.29, 0.717) is 6.42 Å². The molecule has 7 heteroatoms. The number of carboxylic acid groups (broad SMARTS) is 1. The van der Waals surface area contributed by atoms with Crippen molar-refractivity contribution >= 4 is 62.9 Å². The highest BCUT2D eigenvalue weighted by molar-refractivity contribution is 14.1. The molecule has 0 heterocycles. The maximum absolute atomic E-state index is 10.9. The molecule has 0 bridgehead atoms. The molecule has 22 heavy (non-hydrogen) atoms. The van der Waals surface area contributed by atoms with E-state index < -0.39 is 12.0 Å². The molecule has 116 valence electrons. The lowest BCUT2D eigenvalue weighted by molar-refractivity contribution is -0.138. The molecule has 0 spiro atoms. The Bertz CT molecular complexity index is 669. The van der Waals surface area contributed by atoms with Crippen LogP contribution in [0.4, 0.5) is 0 Å². The Morgan fingerprint density at radius 1 is 1.18 bits per heavy atom. The number of aromatic hydroxyl groups is 1. The summed E-state index contributed by atoms with van der Waals surface area (Å²) in [5.41, 5.74) is 6.51. The number of phenolic OH excluding ortho intramolecular Hbond substituents is 1. The molecule has 0 saturated heterocycles. The Kier molecular flexibility index (Phi) is 6.36. The van der Waals surface area contributed by atoms with E-state index >= 15 is 0 Å². The fourth-order valence-corrected chi connectivity index (χ4v) is 5.18. The number of aliphatic carboxylic acids is 1. The van der Waals surface area contributed by atoms with Crippen molar-refractivity contribution < 1.29 is 15.0 Å². The number of phenols is 1. The molecule has 0 saturated carbocycles. The molecule has 0 aliphatic rings. The highest BCUT2D eigenvalue weighted by atomic mass is 127. The molecule has 0 aliphatic heterocycles. The first-order valence-electron chi connectivity index (χ1n) is 6.30. The largest absolute Gasteiger partial charge is 0.508 e. The van der Waals surface area contributed by atoms with Crippen LogP contribution in [0.3, 0.4) is 0 Å². The Morgan fingerprint density at radius 2 is 1.73 bits per heavy atom. The van der Waals surface area contributed by atoms with E-state index in [1.54, 1.807) is 23.9 Å². The number of benzene rings is 2. The SMILES string of the molecule is NC(Cc1cc(I)c(Sc2ccc(O)cc2)c(I)c1)C(=O)O. The fraction of sp³-hybridized carbons (Fsp3) is 0.133. The molecule has 0 amide bonds. The van der Waals surface area contributed by atoms with E-state index in [1.807, 2.05) is 24.3 Å². The molecule has 0 fully saturated rings. The topological polar surface area (TPSA) is 83.5 Å². The van der Waals surface area contributed by atoms with Crippen molar-refractivity contribution in [1.29, 1.82) is 0 Å². The van der Waals surface area contributed by atoms with Crippen LogP contribution in [0.1, 0.15) is 5.56 Å². The summed E-state index contributed by atoms with van der Waals surface area (Å²) < 4.78 is 2.10. The van der Waals surface area contributed by atoms with Gasteiger partial charge in [-0.05, 0) is 93.6 Å². The third kappa shape index (κ3) is 4.74. The first kappa shape index (κ1) is 17.8. The van der Waals surface area contributed by atoms with Gasteiger partial charge in [0, 0.05) is 16.9 Å². The Morgan fingerprint density at radius 3 is 2.23 bits per heavy atom. The summed E-state index contributed by atoms with van der Waals surface area (Å²) in [6.45, 7) is 0. The Balaban J connectivity index is 2.23. The second kappa shape index (κ2) is 7.84. The second-order valence-electron chi connectivity index (χ2n) is 4.63. The van der Waals surface area contributed by atoms with Gasteiger partial charge < -0.3 is 15.9 Å². The number of hydrogen-bond donors (Lipinski definition) is 3. The van der Waals surface area contributed by atoms with Gasteiger partial charge in [0.1, 0.15) is 11.8 Å². The van der Waals surface area contributed by atoms with Crippen molar-refractivity contribution in [2.45, 2.75) is 22.3 Å². The van der Waals surface area contributed by atoms with Gasteiger partial charge in [-0.15, -0.1) is 0 Å². The number of rotatable bonds is 5. The van der Waals surface area contributed by atoms with Gasteiger partial charge in [0.25, 0.3) is 0 Å². The lowest BCUT2D eigenvalue weighted by Crippen LogP contribution is -2.32. The third-order valence-corrected chi connectivity index (χ3v) is 6.47. The van der Waals surface area contributed by atoms with Crippen molar-refractivity contribution in [3.05, 3.63) is 49.1 Å². The summed E-state index contributed by atoms with van der Waals surface area (Å²) in [4.78, 5) is 13.0. The van der Waals surface area contributed by atoms with Crippen molar-refractivity contribution in [1.82, 2.24) is 0 Å². The summed E-state index contributed by atoms with van der Waals surface area (Å²) >= 11 is 6.10. The summed E-state index contributed by atoms with van der Waals surface area (Å²) in [5.74, 6) is -0.751. The molecule has 2 aromatic rings. The molecule has 4 nitrogen and oxygen atoms in total. The van der Waals surface area contributed by atoms with E-state index in [1.165, 1.54) is 0 Å². The maximum atomic E-state index is 10.9. The first-order valence-corrected chi connectivity index (χ1v) is 9.27. The van der Waals surface area contributed by atoms with Gasteiger partial charge in [0.05, 0.1) is 0 Å². The van der Waals surface area contributed by atoms with Crippen molar-refractivity contribution in [2.75, 3.05) is 0 Å². The predicted octanol–water partition coefficient (Wildman–Crippen LogP) is 3.71. The smallest absolute Gasteiger partial charge is 0.320 e. The van der Waals surface area contributed by atoms with Crippen LogP contribution in [-0.2, 0) is 11.2 Å². The third-order valence-electron chi connectivity index (χ3n) is 2.89. The van der Waals surface area contributed by atoms with E-state index in [4.69, 9.17) is 10.8 Å². The second-order valence-corrected chi connectivity index (χ2v) is 8.04. The van der Waals surface area contributed by atoms with E-state index in [-0.39, 0.29) is 5.75 Å². The van der Waals surface area contributed by atoms with E-state index in [2.05, 4.69) is 45.2 Å². The predicted molar refractivity (Wildman–Crippen MR) is 103 cm³/mol. The van der Waals surface area contributed by atoms with Gasteiger partial charge in [-0.25, -0.2) is 0 Å². The van der Waals surface area contributed by atoms with Gasteiger partial charge in [-0.2, -0.15) is 0 Å². The van der Waals surface area contributed by atoms with Crippen molar-refractivity contribution in [3.8, 4) is 5.75 Å². The van der Waals surface area contributed by atoms with Crippen LogP contribution >= 0.6 is 56.9 Å². The van der Waals surface area contributed by atoms with Crippen LogP contribution in [0.15, 0.2) is 46.2 Å². The first-order chi connectivity index (χ1) is 10.4. The van der Waals surface area contributed by atoms with Gasteiger partial charge in [-0.3, -0.25) is 4.79 Å². The quantitative estimate of drug-likeness (QED) is 0.504. The number of halogens is 2. The van der Waals surface area contributed by atoms with E-state index in [9.17, 15) is 9.90 Å². The minimum Gasteiger partial charge on any atom is -0.508 e. The summed E-state index contributed by atoms with van der Waals surface area (Å²) in [6.07, 6.45) is 0.311. The minimum absolute atomic E-state index is 0.242. The molecule has 2 aromatic carbocycles. The monoisotopic (exact) mass is 541 g/mol. The van der Waals surface area contributed by atoms with Crippen LogP contribution in [0, 0.1) is 7.14 Å². The standard InChI is InChI=1S/C15H13I2NO3S/c16-11-5-8(7-13(18)15(20)21)6-12(17)14(11)22-10-3-1-9(19)2-4-10/h1-6,13,19H,7,18H2,(H,20,21). The molecule has 1 unspecified atom stereocenters. The molecule has 4 N–H and O–H groups in total. The zero-order valence-electron chi connectivity index (χ0n) is 11.3. The number of nitrogens with two attached hydrogens (primary N) is 1. The van der Waals surface area contributed by atoms with Gasteiger partial charge in [0.2, 0.25) is 0 Å². The molecule has 0 radical (unpaired) electrons. The molecular weight excluding hydrogens is 528 g/mol. The van der Waals surface area contributed by atoms with Crippen LogP contribution in [0.5, 0.6) is 5.75 Å². The highest BCUT2D eigenvalue weighted by Gasteiger charge is 2.15. The lowest BCUT2D eigenvalue weighted by atomic mass is 10.1. The molecule has 2 rings (SSSR count). The van der Waals surface area contributed by atoms with Gasteiger partial charge in [-0.1, -0.05) is 11.8 Å². The molecular formula is C15H13I2NO3S. The summed E-state index contributed by atoms with van der Waals surface area (Å²) in [6, 6.07) is 10.1. The van der Waals surface area contributed by atoms with Crippen LogP contribution in [-0.4, -0.2) is 22.2 Å². The average molecular weight is 541 g/mol. The number of hydrogen-bond acceptors (Lipinski definition) is 4. The summed E-state index contributed by atoms with van der Waals surface area (Å²) in [7, 11) is 0. The van der Waals surface area contributed by atoms with E-state index in [0.717, 1.165) is 22.5 Å². The zero-order valence-corrected chi connectivity index (χ0v) is 16.4. The molecule has 0 aliphatic carbocycles. The normalized spacial score (nSPS) is 12.1. The van der Waals surface area contributed by atoms with Gasteiger partial charge >= 0.3 is 5.97 Å². The Hall–Kier alpha value is -0.520. The molecule has 0 aromatic heterocycles. The fourth-order valence-electron chi connectivity index (χ4n) is 1.80. The summed E-state index contributed by atoms with van der Waals surface area (Å²) in [5, 5.41) is 18.2. The van der Waals surface area contributed by atoms with Crippen LogP contribution < -0.4 is 5.73 Å². The number of carboxylic acids is 1. The van der Waals surface area contributed by atoms with Gasteiger partial charge in [0.15, 0.2) is 0 Å². The van der Waals surface area contributed by atoms with Crippen LogP contribution in [0.25, 0.3) is 0 Å². The lowest BCUT2D eigenvalue weighted by Gasteiger charge is -2.12. The van der Waals surface area contributed by atoms with Crippen molar-refractivity contribution in [2.24, 2.45) is 5.73 Å². The highest BCUT2D eigenvalue weighted by Crippen LogP contribution is 2.36. The Labute approximate surface area is 159 Å².